The lowest BCUT2D eigenvalue weighted by Gasteiger charge is -2.47. The van der Waals surface area contributed by atoms with E-state index < -0.39 is 0 Å². The van der Waals surface area contributed by atoms with Crippen molar-refractivity contribution in [1.82, 2.24) is 19.9 Å². The highest BCUT2D eigenvalue weighted by Gasteiger charge is 2.59. The van der Waals surface area contributed by atoms with Crippen molar-refractivity contribution in [2.75, 3.05) is 0 Å². The van der Waals surface area contributed by atoms with Gasteiger partial charge in [0.15, 0.2) is 0 Å². The van der Waals surface area contributed by atoms with Crippen molar-refractivity contribution >= 4 is 33.3 Å². The number of allylic oxidation sites excluding steroid dienone is 4. The fraction of sp³-hybridized carbons (Fsp3) is 0.200. The van der Waals surface area contributed by atoms with E-state index in [0.29, 0.717) is 0 Å². The van der Waals surface area contributed by atoms with Crippen molar-refractivity contribution in [1.29, 1.82) is 0 Å². The molecule has 0 N–H and O–H groups in total. The summed E-state index contributed by atoms with van der Waals surface area (Å²) in [6.45, 7) is 4.92. The van der Waals surface area contributed by atoms with Crippen LogP contribution in [0.3, 0.4) is 0 Å². The van der Waals surface area contributed by atoms with Gasteiger partial charge in [0, 0.05) is 45.7 Å². The minimum absolute atomic E-state index is 0.0786. The van der Waals surface area contributed by atoms with E-state index in [1.807, 2.05) is 84.7 Å². The van der Waals surface area contributed by atoms with E-state index in [2.05, 4.69) is 60.2 Å². The smallest absolute Gasteiger partial charge is 0.0886 e. The molecule has 4 aliphatic rings. The number of rotatable bonds is 4. The van der Waals surface area contributed by atoms with Crippen LogP contribution in [0.15, 0.2) is 120 Å². The van der Waals surface area contributed by atoms with Crippen molar-refractivity contribution in [2.24, 2.45) is 0 Å². The monoisotopic (exact) mass is 568 g/mol. The van der Waals surface area contributed by atoms with Gasteiger partial charge < -0.3 is 0 Å². The topological polar surface area (TPSA) is 51.6 Å². The second-order valence-corrected chi connectivity index (χ2v) is 14.1. The van der Waals surface area contributed by atoms with E-state index in [4.69, 9.17) is 9.97 Å². The molecule has 2 aliphatic carbocycles. The second kappa shape index (κ2) is 9.40. The largest absolute Gasteiger partial charge is 0.255 e. The number of thioether (sulfide) groups is 2. The van der Waals surface area contributed by atoms with Gasteiger partial charge in [0.25, 0.3) is 0 Å². The summed E-state index contributed by atoms with van der Waals surface area (Å²) in [5, 5.41) is 0. The van der Waals surface area contributed by atoms with Gasteiger partial charge >= 0.3 is 0 Å². The summed E-state index contributed by atoms with van der Waals surface area (Å²) in [6.07, 6.45) is 16.1. The van der Waals surface area contributed by atoms with Crippen LogP contribution in [0.2, 0.25) is 0 Å². The first kappa shape index (κ1) is 25.0. The minimum Gasteiger partial charge on any atom is -0.255 e. The Kier molecular flexibility index (Phi) is 5.73. The highest BCUT2D eigenvalue weighted by atomic mass is 32.2. The summed E-state index contributed by atoms with van der Waals surface area (Å²) in [4.78, 5) is 21.1. The van der Waals surface area contributed by atoms with Crippen LogP contribution < -0.4 is 0 Å². The van der Waals surface area contributed by atoms with Gasteiger partial charge in [0.1, 0.15) is 0 Å². The minimum atomic E-state index is -0.0786. The molecule has 0 spiro atoms. The maximum atomic E-state index is 4.79. The third-order valence-electron chi connectivity index (χ3n) is 8.94. The molecule has 4 aromatic heterocycles. The maximum absolute atomic E-state index is 4.79. The first-order valence-corrected chi connectivity index (χ1v) is 15.7. The summed E-state index contributed by atoms with van der Waals surface area (Å²) in [6, 6.07) is 20.5. The molecule has 41 heavy (non-hydrogen) atoms. The number of hydrogen-bond acceptors (Lipinski definition) is 6. The SMILES string of the molecule is C[C@]12SC(c3ccc(-c4ccccn4)nc3)=CC1=C1CCCC1=C1C=C(c3ccc(-c4ccccn4)nc3)S[C@@]12C. The standard InChI is InChI=1S/C35H28N4S2/c1-34-26(18-32(40-34)22-12-14-30(38-20-22)28-10-3-5-16-36-28)24-8-7-9-25(24)27-19-33(41-35(27,34)2)23-13-15-31(39-21-23)29-11-4-6-17-37-29/h3-6,10-21H,7-9H2,1-2H3/t34-,35-/m0/s1. The quantitative estimate of drug-likeness (QED) is 0.245. The zero-order valence-corrected chi connectivity index (χ0v) is 24.6. The molecule has 2 atom stereocenters. The third-order valence-corrected chi connectivity index (χ3v) is 12.3. The fourth-order valence-electron chi connectivity index (χ4n) is 6.64. The number of pyridine rings is 4. The number of aromatic nitrogens is 4. The van der Waals surface area contributed by atoms with E-state index >= 15 is 0 Å². The van der Waals surface area contributed by atoms with Crippen LogP contribution in [-0.2, 0) is 0 Å². The highest BCUT2D eigenvalue weighted by molar-refractivity contribution is 8.14. The Balaban J connectivity index is 1.14. The van der Waals surface area contributed by atoms with E-state index in [9.17, 15) is 0 Å². The number of hydrogen-bond donors (Lipinski definition) is 0. The summed E-state index contributed by atoms with van der Waals surface area (Å²) in [5.41, 5.74) is 12.1. The van der Waals surface area contributed by atoms with E-state index in [1.54, 1.807) is 11.1 Å². The highest BCUT2D eigenvalue weighted by Crippen LogP contribution is 2.70. The van der Waals surface area contributed by atoms with Crippen molar-refractivity contribution in [3.8, 4) is 22.8 Å². The van der Waals surface area contributed by atoms with Crippen LogP contribution >= 0.6 is 23.5 Å². The van der Waals surface area contributed by atoms with Crippen LogP contribution in [-0.4, -0.2) is 29.4 Å². The first-order chi connectivity index (χ1) is 20.0. The molecule has 1 fully saturated rings. The zero-order chi connectivity index (χ0) is 27.6. The molecule has 200 valence electrons. The Morgan fingerprint density at radius 2 is 1.02 bits per heavy atom. The van der Waals surface area contributed by atoms with E-state index in [1.165, 1.54) is 38.5 Å². The molecule has 6 heterocycles. The Morgan fingerprint density at radius 1 is 0.561 bits per heavy atom. The van der Waals surface area contributed by atoms with Crippen molar-refractivity contribution in [3.63, 3.8) is 0 Å². The summed E-state index contributed by atoms with van der Waals surface area (Å²) < 4.78 is -0.157. The summed E-state index contributed by atoms with van der Waals surface area (Å²) in [7, 11) is 0. The molecule has 4 aromatic rings. The van der Waals surface area contributed by atoms with Gasteiger partial charge in [-0.05, 0) is 104 Å². The zero-order valence-electron chi connectivity index (χ0n) is 23.0. The molecule has 0 saturated heterocycles. The fourth-order valence-corrected chi connectivity index (χ4v) is 9.79. The maximum Gasteiger partial charge on any atom is 0.0886 e. The van der Waals surface area contributed by atoms with Gasteiger partial charge in [-0.25, -0.2) is 0 Å². The molecular weight excluding hydrogens is 541 g/mol. The average Bonchev–Trinajstić information content (AvgIpc) is 3.74. The Labute approximate surface area is 248 Å². The third kappa shape index (κ3) is 3.84. The van der Waals surface area contributed by atoms with E-state index in [0.717, 1.165) is 35.6 Å². The van der Waals surface area contributed by atoms with Crippen LogP contribution in [0, 0.1) is 0 Å². The Hall–Kier alpha value is -3.74. The Bertz CT molecular complexity index is 1670. The summed E-state index contributed by atoms with van der Waals surface area (Å²) >= 11 is 4.02. The molecule has 4 nitrogen and oxygen atoms in total. The molecule has 1 saturated carbocycles. The lowest BCUT2D eigenvalue weighted by molar-refractivity contribution is 0.607. The normalized spacial score (nSPS) is 24.6. The second-order valence-electron chi connectivity index (χ2n) is 11.2. The number of fused-ring (bicyclic) bond motifs is 4. The predicted octanol–water partition coefficient (Wildman–Crippen LogP) is 8.78. The van der Waals surface area contributed by atoms with Gasteiger partial charge in [0.2, 0.25) is 0 Å². The molecule has 8 rings (SSSR count). The first-order valence-electron chi connectivity index (χ1n) is 14.1. The molecule has 0 amide bonds. The predicted molar refractivity (Wildman–Crippen MR) is 171 cm³/mol. The molecular formula is C35H28N4S2. The van der Waals surface area contributed by atoms with Crippen LogP contribution in [0.4, 0.5) is 0 Å². The van der Waals surface area contributed by atoms with Crippen LogP contribution in [0.1, 0.15) is 44.2 Å². The molecule has 0 radical (unpaired) electrons. The van der Waals surface area contributed by atoms with Gasteiger partial charge in [-0.1, -0.05) is 24.3 Å². The van der Waals surface area contributed by atoms with E-state index in [-0.39, 0.29) is 9.49 Å². The molecule has 2 aliphatic heterocycles. The van der Waals surface area contributed by atoms with Gasteiger partial charge in [0.05, 0.1) is 32.3 Å². The molecule has 6 heteroatoms. The van der Waals surface area contributed by atoms with Crippen molar-refractivity contribution in [3.05, 3.63) is 131 Å². The van der Waals surface area contributed by atoms with Crippen molar-refractivity contribution < 1.29 is 0 Å². The molecule has 0 bridgehead atoms. The molecule has 0 aromatic carbocycles. The lowest BCUT2D eigenvalue weighted by atomic mass is 9.72. The van der Waals surface area contributed by atoms with Crippen LogP contribution in [0.5, 0.6) is 0 Å². The van der Waals surface area contributed by atoms with Gasteiger partial charge in [-0.2, -0.15) is 0 Å². The van der Waals surface area contributed by atoms with Gasteiger partial charge in [-0.15, -0.1) is 23.5 Å². The van der Waals surface area contributed by atoms with Crippen LogP contribution in [0.25, 0.3) is 32.6 Å². The van der Waals surface area contributed by atoms with Crippen molar-refractivity contribution in [2.45, 2.75) is 42.6 Å². The molecule has 0 unspecified atom stereocenters. The lowest BCUT2D eigenvalue weighted by Crippen LogP contribution is -2.47. The Morgan fingerprint density at radius 3 is 1.41 bits per heavy atom. The summed E-state index contributed by atoms with van der Waals surface area (Å²) in [5.74, 6) is 0. The average molecular weight is 569 g/mol. The van der Waals surface area contributed by atoms with Gasteiger partial charge in [-0.3, -0.25) is 19.9 Å². The number of nitrogens with zero attached hydrogens (tertiary/aromatic N) is 4.